The Bertz CT molecular complexity index is 1280. The van der Waals surface area contributed by atoms with Crippen molar-refractivity contribution in [3.8, 4) is 11.3 Å². The molecule has 5 rings (SSSR count). The van der Waals surface area contributed by atoms with Gasteiger partial charge in [-0.05, 0) is 25.0 Å². The molecule has 5 atom stereocenters. The molecule has 0 aliphatic carbocycles. The van der Waals surface area contributed by atoms with Gasteiger partial charge in [0.05, 0.1) is 30.6 Å². The van der Waals surface area contributed by atoms with Gasteiger partial charge in [-0.15, -0.1) is 10.2 Å². The fourth-order valence-electron chi connectivity index (χ4n) is 5.30. The number of halogens is 2. The Labute approximate surface area is 221 Å². The summed E-state index contributed by atoms with van der Waals surface area (Å²) in [6, 6.07) is 2.16. The van der Waals surface area contributed by atoms with Crippen LogP contribution in [0.3, 0.4) is 0 Å². The fraction of sp³-hybridized carbons (Fsp3) is 0.542. The van der Waals surface area contributed by atoms with Gasteiger partial charge in [0.1, 0.15) is 41.7 Å². The van der Waals surface area contributed by atoms with Crippen LogP contribution in [0.25, 0.3) is 11.3 Å². The molecule has 15 heteroatoms. The first kappa shape index (κ1) is 27.1. The second-order valence-electron chi connectivity index (χ2n) is 9.71. The number of hydrogen-bond acceptors (Lipinski definition) is 9. The number of amides is 1. The van der Waals surface area contributed by atoms with Gasteiger partial charge in [0.2, 0.25) is 0 Å². The Kier molecular flexibility index (Phi) is 7.83. The molecule has 13 nitrogen and oxygen atoms in total. The summed E-state index contributed by atoms with van der Waals surface area (Å²) in [6.45, 7) is 0.343. The molecular formula is C24H29F2N7O6. The summed E-state index contributed by atoms with van der Waals surface area (Å²) in [4.78, 5) is 12.5. The molecule has 2 aromatic heterocycles. The summed E-state index contributed by atoms with van der Waals surface area (Å²) >= 11 is 0. The molecule has 2 aliphatic rings. The van der Waals surface area contributed by atoms with Crippen molar-refractivity contribution >= 4 is 6.09 Å². The van der Waals surface area contributed by atoms with Crippen LogP contribution in [-0.2, 0) is 15.9 Å². The molecule has 4 heterocycles. The molecule has 0 spiro atoms. The number of benzene rings is 1. The molecule has 1 amide bonds. The number of rotatable bonds is 7. The Hall–Kier alpha value is -3.53. The van der Waals surface area contributed by atoms with Gasteiger partial charge in [-0.25, -0.2) is 22.9 Å². The first-order valence-corrected chi connectivity index (χ1v) is 12.5. The third-order valence-electron chi connectivity index (χ3n) is 7.29. The van der Waals surface area contributed by atoms with Crippen LogP contribution >= 0.6 is 0 Å². The SMILES string of the molecule is CO[C@@H]1[C@@H](n2cc(-c3cc(F)cc(F)c3)nn2)[C@@H](O)[C@@H](CO)O[C@@H]1Cc1cn(C2CCN(C(=O)O)CC2)nn1. The lowest BCUT2D eigenvalue weighted by molar-refractivity contribution is -0.212. The molecule has 0 bridgehead atoms. The van der Waals surface area contributed by atoms with E-state index in [1.807, 2.05) is 0 Å². The van der Waals surface area contributed by atoms with Gasteiger partial charge in [-0.3, -0.25) is 0 Å². The van der Waals surface area contributed by atoms with Gasteiger partial charge < -0.3 is 29.7 Å². The molecule has 3 aromatic rings. The summed E-state index contributed by atoms with van der Waals surface area (Å²) in [5.74, 6) is -1.53. The Morgan fingerprint density at radius 1 is 1.08 bits per heavy atom. The van der Waals surface area contributed by atoms with Crippen LogP contribution in [0.4, 0.5) is 13.6 Å². The number of aromatic nitrogens is 6. The highest BCUT2D eigenvalue weighted by atomic mass is 19.1. The smallest absolute Gasteiger partial charge is 0.407 e. The van der Waals surface area contributed by atoms with Crippen LogP contribution in [0.15, 0.2) is 30.6 Å². The van der Waals surface area contributed by atoms with Crippen molar-refractivity contribution in [2.75, 3.05) is 26.8 Å². The molecule has 210 valence electrons. The molecule has 39 heavy (non-hydrogen) atoms. The van der Waals surface area contributed by atoms with E-state index in [0.717, 1.165) is 18.2 Å². The Morgan fingerprint density at radius 3 is 2.41 bits per heavy atom. The molecule has 2 aliphatic heterocycles. The number of hydrogen-bond donors (Lipinski definition) is 3. The van der Waals surface area contributed by atoms with Crippen molar-refractivity contribution in [1.29, 1.82) is 0 Å². The molecule has 0 radical (unpaired) electrons. The topological polar surface area (TPSA) is 161 Å². The zero-order chi connectivity index (χ0) is 27.7. The number of likely N-dealkylation sites (tertiary alicyclic amines) is 1. The largest absolute Gasteiger partial charge is 0.465 e. The molecule has 2 fully saturated rings. The highest BCUT2D eigenvalue weighted by Crippen LogP contribution is 2.34. The number of aliphatic hydroxyl groups excluding tert-OH is 2. The first-order valence-electron chi connectivity index (χ1n) is 12.5. The summed E-state index contributed by atoms with van der Waals surface area (Å²) in [6.07, 6.45) is 0.118. The normalized spacial score (nSPS) is 26.2. The zero-order valence-electron chi connectivity index (χ0n) is 21.0. The summed E-state index contributed by atoms with van der Waals surface area (Å²) in [5.41, 5.74) is 0.954. The van der Waals surface area contributed by atoms with E-state index in [-0.39, 0.29) is 23.7 Å². The second kappa shape index (κ2) is 11.3. The van der Waals surface area contributed by atoms with Crippen molar-refractivity contribution in [2.45, 2.75) is 55.8 Å². The summed E-state index contributed by atoms with van der Waals surface area (Å²) in [5, 5.41) is 46.7. The van der Waals surface area contributed by atoms with Gasteiger partial charge in [0.15, 0.2) is 0 Å². The van der Waals surface area contributed by atoms with Crippen LogP contribution in [0.1, 0.15) is 30.6 Å². The monoisotopic (exact) mass is 549 g/mol. The molecule has 3 N–H and O–H groups in total. The van der Waals surface area contributed by atoms with Crippen molar-refractivity contribution < 1.29 is 38.4 Å². The van der Waals surface area contributed by atoms with Crippen LogP contribution in [0, 0.1) is 11.6 Å². The van der Waals surface area contributed by atoms with Crippen LogP contribution in [0.2, 0.25) is 0 Å². The van der Waals surface area contributed by atoms with Gasteiger partial charge in [-0.2, -0.15) is 0 Å². The van der Waals surface area contributed by atoms with Crippen molar-refractivity contribution in [2.24, 2.45) is 0 Å². The maximum atomic E-state index is 13.7. The third kappa shape index (κ3) is 5.61. The highest BCUT2D eigenvalue weighted by molar-refractivity contribution is 5.65. The minimum absolute atomic E-state index is 0.00772. The van der Waals surface area contributed by atoms with E-state index in [1.165, 1.54) is 22.9 Å². The van der Waals surface area contributed by atoms with E-state index >= 15 is 0 Å². The lowest BCUT2D eigenvalue weighted by atomic mass is 9.90. The number of carbonyl (C=O) groups is 1. The highest BCUT2D eigenvalue weighted by Gasteiger charge is 2.47. The molecule has 2 saturated heterocycles. The van der Waals surface area contributed by atoms with Crippen LogP contribution in [-0.4, -0.2) is 108 Å². The minimum Gasteiger partial charge on any atom is -0.465 e. The van der Waals surface area contributed by atoms with Crippen molar-refractivity contribution in [1.82, 2.24) is 34.9 Å². The average molecular weight is 550 g/mol. The van der Waals surface area contributed by atoms with Gasteiger partial charge in [0.25, 0.3) is 0 Å². The molecule has 0 saturated carbocycles. The Balaban J connectivity index is 1.35. The number of aliphatic hydroxyl groups is 2. The first-order chi connectivity index (χ1) is 18.8. The van der Waals surface area contributed by atoms with Gasteiger partial charge in [-0.1, -0.05) is 10.4 Å². The average Bonchev–Trinajstić information content (AvgIpc) is 3.59. The number of methoxy groups -OCH3 is 1. The maximum Gasteiger partial charge on any atom is 0.407 e. The van der Waals surface area contributed by atoms with E-state index in [4.69, 9.17) is 14.6 Å². The van der Waals surface area contributed by atoms with Crippen molar-refractivity contribution in [3.63, 3.8) is 0 Å². The summed E-state index contributed by atoms with van der Waals surface area (Å²) in [7, 11) is 1.45. The lowest BCUT2D eigenvalue weighted by Crippen LogP contribution is -2.57. The van der Waals surface area contributed by atoms with Crippen molar-refractivity contribution in [3.05, 3.63) is 47.9 Å². The lowest BCUT2D eigenvalue weighted by Gasteiger charge is -2.43. The number of nitrogens with zero attached hydrogens (tertiary/aromatic N) is 7. The number of piperidine rings is 1. The predicted molar refractivity (Wildman–Crippen MR) is 129 cm³/mol. The minimum atomic E-state index is -1.23. The van der Waals surface area contributed by atoms with E-state index in [0.29, 0.717) is 31.6 Å². The maximum absolute atomic E-state index is 13.7. The standard InChI is InChI=1S/C24H29F2N7O6/c1-38-23-19(9-16-10-32(29-27-16)17-2-4-31(5-3-17)24(36)37)39-20(12-34)22(35)21(23)33-11-18(28-30-33)13-6-14(25)8-15(26)7-13/h6-8,10-11,17,19-23,34-35H,2-5,9,12H2,1H3,(H,36,37)/t19-,20-,21+,22+,23+/m1/s1. The molecular weight excluding hydrogens is 520 g/mol. The van der Waals surface area contributed by atoms with Crippen LogP contribution < -0.4 is 0 Å². The number of ether oxygens (including phenoxy) is 2. The van der Waals surface area contributed by atoms with Gasteiger partial charge in [0, 0.05) is 44.4 Å². The zero-order valence-corrected chi connectivity index (χ0v) is 21.0. The number of carboxylic acid groups (broad SMARTS) is 1. The van der Waals surface area contributed by atoms with E-state index in [2.05, 4.69) is 20.6 Å². The van der Waals surface area contributed by atoms with Gasteiger partial charge >= 0.3 is 6.09 Å². The van der Waals surface area contributed by atoms with E-state index in [9.17, 15) is 23.8 Å². The summed E-state index contributed by atoms with van der Waals surface area (Å²) < 4.78 is 42.3. The molecule has 1 aromatic carbocycles. The Morgan fingerprint density at radius 2 is 1.77 bits per heavy atom. The third-order valence-corrected chi connectivity index (χ3v) is 7.29. The van der Waals surface area contributed by atoms with Crippen LogP contribution in [0.5, 0.6) is 0 Å². The molecule has 0 unspecified atom stereocenters. The predicted octanol–water partition coefficient (Wildman–Crippen LogP) is 1.05. The van der Waals surface area contributed by atoms with E-state index in [1.54, 1.807) is 10.9 Å². The fourth-order valence-corrected chi connectivity index (χ4v) is 5.30. The van der Waals surface area contributed by atoms with E-state index < -0.39 is 54.8 Å². The quantitative estimate of drug-likeness (QED) is 0.389. The second-order valence-corrected chi connectivity index (χ2v) is 9.71.